The second kappa shape index (κ2) is 4.18. The number of nitrogens with zero attached hydrogens (tertiary/aromatic N) is 1. The van der Waals surface area contributed by atoms with E-state index in [0.717, 1.165) is 6.42 Å². The third-order valence-corrected chi connectivity index (χ3v) is 1.89. The average Bonchev–Trinajstić information content (AvgIpc) is 2.16. The fourth-order valence-electron chi connectivity index (χ4n) is 1.03. The smallest absolute Gasteiger partial charge is 0.250 e. The Bertz CT molecular complexity index is 291. The number of methoxy groups -OCH3 is 1. The predicted octanol–water partition coefficient (Wildman–Crippen LogP) is 1.64. The first-order valence-corrected chi connectivity index (χ1v) is 4.14. The molecule has 4 heteroatoms. The van der Waals surface area contributed by atoms with Crippen LogP contribution in [0.1, 0.15) is 24.9 Å². The number of nitrogens with two attached hydrogens (primary N) is 1. The lowest BCUT2D eigenvalue weighted by molar-refractivity contribution is 0.368. The van der Waals surface area contributed by atoms with Gasteiger partial charge in [-0.1, -0.05) is 6.92 Å². The summed E-state index contributed by atoms with van der Waals surface area (Å²) in [6.45, 7) is 1.94. The molecule has 1 atom stereocenters. The van der Waals surface area contributed by atoms with Gasteiger partial charge in [-0.05, 0) is 18.1 Å². The molecule has 0 aromatic carbocycles. The van der Waals surface area contributed by atoms with E-state index in [0.29, 0.717) is 5.56 Å². The van der Waals surface area contributed by atoms with Gasteiger partial charge in [-0.2, -0.15) is 0 Å². The number of hydrogen-bond donors (Lipinski definition) is 1. The fourth-order valence-corrected chi connectivity index (χ4v) is 1.03. The fraction of sp³-hybridized carbons (Fsp3) is 0.444. The van der Waals surface area contributed by atoms with Crippen molar-refractivity contribution in [2.45, 2.75) is 19.4 Å². The molecule has 0 saturated carbocycles. The molecular formula is C9H13FN2O. The van der Waals surface area contributed by atoms with Crippen LogP contribution in [0.25, 0.3) is 0 Å². The highest BCUT2D eigenvalue weighted by atomic mass is 19.1. The van der Waals surface area contributed by atoms with Gasteiger partial charge in [0.15, 0.2) is 5.82 Å². The second-order valence-electron chi connectivity index (χ2n) is 2.77. The minimum atomic E-state index is -0.469. The maximum absolute atomic E-state index is 13.1. The van der Waals surface area contributed by atoms with Crippen molar-refractivity contribution in [1.82, 2.24) is 4.98 Å². The molecule has 1 rings (SSSR count). The Morgan fingerprint density at radius 1 is 1.69 bits per heavy atom. The Hall–Kier alpha value is -1.16. The molecular weight excluding hydrogens is 171 g/mol. The summed E-state index contributed by atoms with van der Waals surface area (Å²) in [5.74, 6) is -0.462. The van der Waals surface area contributed by atoms with Crippen molar-refractivity contribution in [3.63, 3.8) is 0 Å². The van der Waals surface area contributed by atoms with Crippen LogP contribution < -0.4 is 10.5 Å². The Morgan fingerprint density at radius 3 is 2.85 bits per heavy atom. The first-order chi connectivity index (χ1) is 6.19. The quantitative estimate of drug-likeness (QED) is 0.776. The molecule has 0 amide bonds. The van der Waals surface area contributed by atoms with Crippen LogP contribution in [-0.2, 0) is 0 Å². The molecule has 0 spiro atoms. The van der Waals surface area contributed by atoms with Gasteiger partial charge in [0.1, 0.15) is 0 Å². The molecule has 0 fully saturated rings. The molecule has 0 aliphatic rings. The van der Waals surface area contributed by atoms with Crippen LogP contribution in [0.3, 0.4) is 0 Å². The Balaban J connectivity index is 2.95. The van der Waals surface area contributed by atoms with Gasteiger partial charge in [0.05, 0.1) is 7.11 Å². The first-order valence-electron chi connectivity index (χ1n) is 4.14. The zero-order valence-electron chi connectivity index (χ0n) is 7.75. The third-order valence-electron chi connectivity index (χ3n) is 1.89. The van der Waals surface area contributed by atoms with Gasteiger partial charge in [-0.25, -0.2) is 9.37 Å². The van der Waals surface area contributed by atoms with E-state index in [1.54, 1.807) is 0 Å². The SMILES string of the molecule is CC[C@@H](N)c1cnc(OC)c(F)c1. The van der Waals surface area contributed by atoms with Gasteiger partial charge >= 0.3 is 0 Å². The third kappa shape index (κ3) is 2.15. The minimum Gasteiger partial charge on any atom is -0.479 e. The Kier molecular flexibility index (Phi) is 3.19. The Morgan fingerprint density at radius 2 is 2.38 bits per heavy atom. The van der Waals surface area contributed by atoms with Gasteiger partial charge in [-0.15, -0.1) is 0 Å². The zero-order chi connectivity index (χ0) is 9.84. The predicted molar refractivity (Wildman–Crippen MR) is 48.0 cm³/mol. The summed E-state index contributed by atoms with van der Waals surface area (Å²) in [4.78, 5) is 3.79. The summed E-state index contributed by atoms with van der Waals surface area (Å²) >= 11 is 0. The number of ether oxygens (including phenoxy) is 1. The maximum Gasteiger partial charge on any atom is 0.250 e. The summed E-state index contributed by atoms with van der Waals surface area (Å²) < 4.78 is 17.8. The van der Waals surface area contributed by atoms with E-state index in [4.69, 9.17) is 5.73 Å². The molecule has 1 heterocycles. The molecule has 13 heavy (non-hydrogen) atoms. The Labute approximate surface area is 76.7 Å². The van der Waals surface area contributed by atoms with E-state index >= 15 is 0 Å². The lowest BCUT2D eigenvalue weighted by Gasteiger charge is -2.09. The van der Waals surface area contributed by atoms with Crippen molar-refractivity contribution in [1.29, 1.82) is 0 Å². The molecule has 0 aliphatic carbocycles. The van der Waals surface area contributed by atoms with Crippen molar-refractivity contribution in [2.24, 2.45) is 5.73 Å². The minimum absolute atomic E-state index is 0.00653. The maximum atomic E-state index is 13.1. The monoisotopic (exact) mass is 184 g/mol. The molecule has 0 saturated heterocycles. The van der Waals surface area contributed by atoms with E-state index in [1.807, 2.05) is 6.92 Å². The van der Waals surface area contributed by atoms with Gasteiger partial charge in [-0.3, -0.25) is 0 Å². The summed E-state index contributed by atoms with van der Waals surface area (Å²) in [7, 11) is 1.38. The number of aromatic nitrogens is 1. The van der Waals surface area contributed by atoms with E-state index in [-0.39, 0.29) is 11.9 Å². The van der Waals surface area contributed by atoms with Crippen molar-refractivity contribution >= 4 is 0 Å². The number of rotatable bonds is 3. The molecule has 3 nitrogen and oxygen atoms in total. The molecule has 1 aromatic heterocycles. The lowest BCUT2D eigenvalue weighted by Crippen LogP contribution is -2.09. The van der Waals surface area contributed by atoms with Crippen LogP contribution in [0.5, 0.6) is 5.88 Å². The van der Waals surface area contributed by atoms with E-state index in [1.165, 1.54) is 19.4 Å². The summed E-state index contributed by atoms with van der Waals surface area (Å²) in [5, 5.41) is 0. The van der Waals surface area contributed by atoms with Gasteiger partial charge in [0.2, 0.25) is 5.88 Å². The van der Waals surface area contributed by atoms with Crippen LogP contribution in [-0.4, -0.2) is 12.1 Å². The lowest BCUT2D eigenvalue weighted by atomic mass is 10.1. The van der Waals surface area contributed by atoms with Gasteiger partial charge in [0.25, 0.3) is 0 Å². The number of hydrogen-bond acceptors (Lipinski definition) is 3. The second-order valence-corrected chi connectivity index (χ2v) is 2.77. The van der Waals surface area contributed by atoms with Crippen LogP contribution >= 0.6 is 0 Å². The standard InChI is InChI=1S/C9H13FN2O/c1-3-8(11)6-4-7(10)9(13-2)12-5-6/h4-5,8H,3,11H2,1-2H3/t8-/m1/s1. The summed E-state index contributed by atoms with van der Waals surface area (Å²) in [6, 6.07) is 1.20. The average molecular weight is 184 g/mol. The molecule has 0 radical (unpaired) electrons. The molecule has 0 bridgehead atoms. The molecule has 72 valence electrons. The van der Waals surface area contributed by atoms with E-state index in [9.17, 15) is 4.39 Å². The zero-order valence-corrected chi connectivity index (χ0v) is 7.75. The molecule has 0 aliphatic heterocycles. The van der Waals surface area contributed by atoms with Crippen LogP contribution in [0.4, 0.5) is 4.39 Å². The van der Waals surface area contributed by atoms with Crippen molar-refractivity contribution < 1.29 is 9.13 Å². The van der Waals surface area contributed by atoms with Gasteiger partial charge < -0.3 is 10.5 Å². The highest BCUT2D eigenvalue weighted by molar-refractivity contribution is 5.22. The topological polar surface area (TPSA) is 48.1 Å². The largest absolute Gasteiger partial charge is 0.479 e. The van der Waals surface area contributed by atoms with Crippen molar-refractivity contribution in [2.75, 3.05) is 7.11 Å². The van der Waals surface area contributed by atoms with Gasteiger partial charge in [0, 0.05) is 12.2 Å². The van der Waals surface area contributed by atoms with Crippen LogP contribution in [0, 0.1) is 5.82 Å². The number of pyridine rings is 1. The van der Waals surface area contributed by atoms with E-state index < -0.39 is 5.82 Å². The number of halogens is 1. The highest BCUT2D eigenvalue weighted by Gasteiger charge is 2.09. The molecule has 2 N–H and O–H groups in total. The van der Waals surface area contributed by atoms with Crippen LogP contribution in [0.2, 0.25) is 0 Å². The van der Waals surface area contributed by atoms with Crippen molar-refractivity contribution in [3.05, 3.63) is 23.6 Å². The van der Waals surface area contributed by atoms with Crippen molar-refractivity contribution in [3.8, 4) is 5.88 Å². The molecule has 1 aromatic rings. The molecule has 0 unspecified atom stereocenters. The summed E-state index contributed by atoms with van der Waals surface area (Å²) in [5.41, 5.74) is 6.40. The summed E-state index contributed by atoms with van der Waals surface area (Å²) in [6.07, 6.45) is 2.30. The first kappa shape index (κ1) is 9.92. The van der Waals surface area contributed by atoms with E-state index in [2.05, 4.69) is 9.72 Å². The highest BCUT2D eigenvalue weighted by Crippen LogP contribution is 2.18. The normalized spacial score (nSPS) is 12.6. The van der Waals surface area contributed by atoms with Crippen LogP contribution in [0.15, 0.2) is 12.3 Å².